The number of aromatic nitrogens is 2. The van der Waals surface area contributed by atoms with Crippen molar-refractivity contribution in [1.29, 1.82) is 0 Å². The maximum absolute atomic E-state index is 2.50. The lowest BCUT2D eigenvalue weighted by atomic mass is 9.73. The Hall–Kier alpha value is -5.28. The van der Waals surface area contributed by atoms with Gasteiger partial charge in [-0.1, -0.05) is 121 Å². The molecule has 0 amide bonds. The lowest BCUT2D eigenvalue weighted by Gasteiger charge is -2.41. The lowest BCUT2D eigenvalue weighted by molar-refractivity contribution is 0.590. The number of rotatable bonds is 2. The van der Waals surface area contributed by atoms with E-state index in [1.807, 2.05) is 0 Å². The molecular weight excluding hydrogens is 715 g/mol. The van der Waals surface area contributed by atoms with Crippen LogP contribution in [-0.2, 0) is 27.1 Å². The molecule has 0 atom stereocenters. The van der Waals surface area contributed by atoms with Crippen LogP contribution in [0.25, 0.3) is 55.0 Å². The Morgan fingerprint density at radius 2 is 0.627 bits per heavy atom. The molecule has 0 saturated carbocycles. The molecule has 3 heteroatoms. The average molecular weight is 778 g/mol. The van der Waals surface area contributed by atoms with Gasteiger partial charge in [-0.3, -0.25) is 0 Å². The van der Waals surface area contributed by atoms with Crippen molar-refractivity contribution in [3.05, 3.63) is 143 Å². The summed E-state index contributed by atoms with van der Waals surface area (Å²) in [5.41, 5.74) is 18.0. The Kier molecular flexibility index (Phi) is 8.38. The number of fused-ring (bicyclic) bond motifs is 8. The third-order valence-electron chi connectivity index (χ3n) is 13.5. The lowest BCUT2D eigenvalue weighted by Crippen LogP contribution is -2.31. The van der Waals surface area contributed by atoms with Crippen LogP contribution in [0.15, 0.2) is 109 Å². The second-order valence-corrected chi connectivity index (χ2v) is 22.2. The number of nitrogens with zero attached hydrogens (tertiary/aromatic N) is 3. The second kappa shape index (κ2) is 12.6. The highest BCUT2D eigenvalue weighted by atomic mass is 15.1. The maximum Gasteiger partial charge on any atom is 0.0541 e. The Bertz CT molecular complexity index is 2660. The molecule has 9 rings (SSSR count). The van der Waals surface area contributed by atoms with Gasteiger partial charge in [0.2, 0.25) is 0 Å². The molecule has 2 aromatic heterocycles. The van der Waals surface area contributed by atoms with Crippen LogP contribution < -0.4 is 4.90 Å². The van der Waals surface area contributed by atoms with E-state index in [4.69, 9.17) is 0 Å². The molecule has 1 aliphatic heterocycles. The average Bonchev–Trinajstić information content (AvgIpc) is 3.67. The fourth-order valence-corrected chi connectivity index (χ4v) is 9.66. The maximum atomic E-state index is 2.50. The summed E-state index contributed by atoms with van der Waals surface area (Å²) in [6, 6.07) is 42.8. The van der Waals surface area contributed by atoms with E-state index >= 15 is 0 Å². The first-order chi connectivity index (χ1) is 27.4. The van der Waals surface area contributed by atoms with E-state index in [0.717, 1.165) is 0 Å². The molecule has 0 unspecified atom stereocenters. The van der Waals surface area contributed by atoms with Crippen molar-refractivity contribution in [3.63, 3.8) is 0 Å². The largest absolute Gasteiger partial charge is 0.344 e. The molecule has 0 bridgehead atoms. The van der Waals surface area contributed by atoms with E-state index in [2.05, 4.69) is 227 Å². The van der Waals surface area contributed by atoms with Crippen LogP contribution in [0.2, 0.25) is 0 Å². The Morgan fingerprint density at radius 1 is 0.356 bits per heavy atom. The standard InChI is InChI=1S/C56H63N3/c1-52(2,3)34-16-22-46-40(28-34)41-29-35(53(4,5)6)17-23-47(41)58(46)38-20-26-50-44(32-38)56(13,14)45-33-39(21-27-51(45)57(50)15)59-48-24-18-36(54(7,8)9)30-42(48)43-31-37(55(10,11)12)19-25-49(43)59/h16-33H,1-15H3. The molecule has 1 aliphatic rings. The molecule has 0 spiro atoms. The first kappa shape index (κ1) is 39.2. The van der Waals surface area contributed by atoms with E-state index in [9.17, 15) is 0 Å². The summed E-state index contributed by atoms with van der Waals surface area (Å²) in [7, 11) is 2.23. The highest BCUT2D eigenvalue weighted by molar-refractivity contribution is 6.11. The van der Waals surface area contributed by atoms with Crippen LogP contribution in [0.4, 0.5) is 11.4 Å². The van der Waals surface area contributed by atoms with Crippen LogP contribution in [0.3, 0.4) is 0 Å². The third-order valence-corrected chi connectivity index (χ3v) is 13.5. The minimum Gasteiger partial charge on any atom is -0.344 e. The van der Waals surface area contributed by atoms with Crippen molar-refractivity contribution in [3.8, 4) is 11.4 Å². The zero-order valence-electron chi connectivity index (χ0n) is 38.2. The van der Waals surface area contributed by atoms with Crippen molar-refractivity contribution in [1.82, 2.24) is 9.13 Å². The molecule has 0 radical (unpaired) electrons. The summed E-state index contributed by atoms with van der Waals surface area (Å²) >= 11 is 0. The Labute approximate surface area is 352 Å². The van der Waals surface area contributed by atoms with E-state index in [1.54, 1.807) is 0 Å². The summed E-state index contributed by atoms with van der Waals surface area (Å²) in [6.07, 6.45) is 0. The molecule has 8 aromatic rings. The van der Waals surface area contributed by atoms with Gasteiger partial charge in [-0.25, -0.2) is 0 Å². The summed E-state index contributed by atoms with van der Waals surface area (Å²) in [6.45, 7) is 32.6. The zero-order valence-corrected chi connectivity index (χ0v) is 38.2. The first-order valence-electron chi connectivity index (χ1n) is 21.7. The summed E-state index contributed by atoms with van der Waals surface area (Å²) in [4.78, 5) is 2.40. The van der Waals surface area contributed by atoms with Gasteiger partial charge in [-0.2, -0.15) is 0 Å². The Morgan fingerprint density at radius 3 is 0.881 bits per heavy atom. The minimum absolute atomic E-state index is 0.0564. The molecule has 0 saturated heterocycles. The quantitative estimate of drug-likeness (QED) is 0.170. The van der Waals surface area contributed by atoms with Crippen molar-refractivity contribution in [2.75, 3.05) is 11.9 Å². The molecule has 0 N–H and O–H groups in total. The molecule has 6 aromatic carbocycles. The van der Waals surface area contributed by atoms with Crippen LogP contribution in [0, 0.1) is 0 Å². The Balaban J connectivity index is 1.23. The summed E-state index contributed by atoms with van der Waals surface area (Å²) < 4.78 is 5.00. The van der Waals surface area contributed by atoms with Crippen molar-refractivity contribution < 1.29 is 0 Å². The van der Waals surface area contributed by atoms with Gasteiger partial charge in [0, 0.05) is 56.8 Å². The smallest absolute Gasteiger partial charge is 0.0541 e. The molecule has 0 fully saturated rings. The molecular formula is C56H63N3. The number of benzene rings is 6. The van der Waals surface area contributed by atoms with E-state index in [1.165, 1.54) is 99.7 Å². The fraction of sp³-hybridized carbons (Fsp3) is 0.357. The molecule has 0 aliphatic carbocycles. The van der Waals surface area contributed by atoms with Crippen molar-refractivity contribution in [2.24, 2.45) is 0 Å². The molecule has 3 nitrogen and oxygen atoms in total. The van der Waals surface area contributed by atoms with Crippen LogP contribution in [0.5, 0.6) is 0 Å². The first-order valence-corrected chi connectivity index (χ1v) is 21.7. The number of hydrogen-bond donors (Lipinski definition) is 0. The monoisotopic (exact) mass is 778 g/mol. The highest BCUT2D eigenvalue weighted by Crippen LogP contribution is 2.50. The topological polar surface area (TPSA) is 13.1 Å². The molecule has 59 heavy (non-hydrogen) atoms. The van der Waals surface area contributed by atoms with Crippen LogP contribution in [0.1, 0.15) is 130 Å². The second-order valence-electron chi connectivity index (χ2n) is 22.2. The van der Waals surface area contributed by atoms with Crippen LogP contribution >= 0.6 is 0 Å². The predicted octanol–water partition coefficient (Wildman–Crippen LogP) is 15.5. The highest BCUT2D eigenvalue weighted by Gasteiger charge is 2.36. The van der Waals surface area contributed by atoms with Gasteiger partial charge in [0.25, 0.3) is 0 Å². The van der Waals surface area contributed by atoms with Crippen molar-refractivity contribution in [2.45, 2.75) is 124 Å². The summed E-state index contributed by atoms with van der Waals surface area (Å²) in [5, 5.41) is 5.27. The predicted molar refractivity (Wildman–Crippen MR) is 257 cm³/mol. The third kappa shape index (κ3) is 6.13. The van der Waals surface area contributed by atoms with Gasteiger partial charge >= 0.3 is 0 Å². The molecule has 302 valence electrons. The van der Waals surface area contributed by atoms with E-state index < -0.39 is 0 Å². The van der Waals surface area contributed by atoms with Crippen molar-refractivity contribution >= 4 is 55.0 Å². The normalized spacial score (nSPS) is 14.8. The van der Waals surface area contributed by atoms with Gasteiger partial charge in [0.1, 0.15) is 0 Å². The number of hydrogen-bond acceptors (Lipinski definition) is 1. The summed E-state index contributed by atoms with van der Waals surface area (Å²) in [5.74, 6) is 0. The van der Waals surface area contributed by atoms with E-state index in [-0.39, 0.29) is 27.1 Å². The molecule has 3 heterocycles. The SMILES string of the molecule is CN1c2ccc(-n3c4ccc(C(C)(C)C)cc4c4cc(C(C)(C)C)ccc43)cc2C(C)(C)c2cc(-n3c4ccc(C(C)(C)C)cc4c4cc(C(C)(C)C)ccc43)ccc21. The number of anilines is 2. The van der Waals surface area contributed by atoms with Gasteiger partial charge < -0.3 is 14.0 Å². The van der Waals surface area contributed by atoms with Gasteiger partial charge in [0.15, 0.2) is 0 Å². The fourth-order valence-electron chi connectivity index (χ4n) is 9.66. The zero-order chi connectivity index (χ0) is 42.4. The van der Waals surface area contributed by atoms with Gasteiger partial charge in [-0.15, -0.1) is 0 Å². The van der Waals surface area contributed by atoms with E-state index in [0.29, 0.717) is 0 Å². The van der Waals surface area contributed by atoms with Crippen LogP contribution in [-0.4, -0.2) is 16.2 Å². The van der Waals surface area contributed by atoms with Gasteiger partial charge in [-0.05, 0) is 140 Å². The van der Waals surface area contributed by atoms with Gasteiger partial charge in [0.05, 0.1) is 22.1 Å². The minimum atomic E-state index is -0.266.